The van der Waals surface area contributed by atoms with Gasteiger partial charge in [-0.3, -0.25) is 9.69 Å². The SMILES string of the molecule is COCCOC(=O)C1=C(C)N=C2SC=C(CC(=O)NCCN3CCOCC3)N2C1c1ccc(OC)cc1. The fourth-order valence-electron chi connectivity index (χ4n) is 4.43. The number of nitrogens with zero attached hydrogens (tertiary/aromatic N) is 3. The Kier molecular flexibility index (Phi) is 9.62. The number of carbonyl (C=O) groups is 2. The van der Waals surface area contributed by atoms with E-state index < -0.39 is 12.0 Å². The Morgan fingerprint density at radius 3 is 2.62 bits per heavy atom. The number of hydrogen-bond acceptors (Lipinski definition) is 10. The van der Waals surface area contributed by atoms with Crippen molar-refractivity contribution < 1.29 is 28.5 Å². The van der Waals surface area contributed by atoms with Crippen LogP contribution < -0.4 is 10.1 Å². The summed E-state index contributed by atoms with van der Waals surface area (Å²) in [5.41, 5.74) is 2.67. The number of esters is 1. The minimum atomic E-state index is -0.490. The largest absolute Gasteiger partial charge is 0.497 e. The molecule has 3 aliphatic heterocycles. The lowest BCUT2D eigenvalue weighted by Gasteiger charge is -2.36. The molecule has 0 bridgehead atoms. The van der Waals surface area contributed by atoms with Gasteiger partial charge in [0.25, 0.3) is 0 Å². The first-order valence-corrected chi connectivity index (χ1v) is 13.2. The molecule has 3 heterocycles. The van der Waals surface area contributed by atoms with Crippen molar-refractivity contribution in [2.24, 2.45) is 4.99 Å². The highest BCUT2D eigenvalue weighted by atomic mass is 32.2. The standard InChI is InChI=1S/C26H34N4O6S/c1-18-23(25(32)36-15-14-33-2)24(19-4-6-21(34-3)7-5-19)30-20(17-37-26(30)28-18)16-22(31)27-8-9-29-10-12-35-13-11-29/h4-7,17,24H,8-16H2,1-3H3,(H,27,31). The smallest absolute Gasteiger partial charge is 0.338 e. The molecule has 11 heteroatoms. The number of morpholine rings is 1. The van der Waals surface area contributed by atoms with Gasteiger partial charge < -0.3 is 29.2 Å². The summed E-state index contributed by atoms with van der Waals surface area (Å²) in [4.78, 5) is 35.0. The first kappa shape index (κ1) is 27.2. The number of fused-ring (bicyclic) bond motifs is 1. The molecular weight excluding hydrogens is 496 g/mol. The number of hydrogen-bond donors (Lipinski definition) is 1. The lowest BCUT2D eigenvalue weighted by molar-refractivity contribution is -0.141. The highest BCUT2D eigenvalue weighted by molar-refractivity contribution is 8.16. The van der Waals surface area contributed by atoms with Crippen molar-refractivity contribution in [3.05, 3.63) is 52.2 Å². The van der Waals surface area contributed by atoms with Gasteiger partial charge in [0.05, 0.1) is 50.7 Å². The Morgan fingerprint density at radius 2 is 1.92 bits per heavy atom. The van der Waals surface area contributed by atoms with Crippen LogP contribution in [0.4, 0.5) is 0 Å². The Morgan fingerprint density at radius 1 is 1.16 bits per heavy atom. The quantitative estimate of drug-likeness (QED) is 0.341. The van der Waals surface area contributed by atoms with Crippen LogP contribution in [0, 0.1) is 0 Å². The number of methoxy groups -OCH3 is 2. The predicted molar refractivity (Wildman–Crippen MR) is 141 cm³/mol. The van der Waals surface area contributed by atoms with E-state index in [-0.39, 0.29) is 18.9 Å². The Bertz CT molecular complexity index is 1070. The highest BCUT2D eigenvalue weighted by Crippen LogP contribution is 2.45. The molecule has 1 unspecified atom stereocenters. The monoisotopic (exact) mass is 530 g/mol. The molecule has 1 aromatic rings. The van der Waals surface area contributed by atoms with Crippen LogP contribution in [-0.4, -0.2) is 93.7 Å². The molecule has 0 aliphatic carbocycles. The van der Waals surface area contributed by atoms with E-state index >= 15 is 0 Å². The first-order chi connectivity index (χ1) is 18.0. The average Bonchev–Trinajstić information content (AvgIpc) is 3.30. The zero-order valence-electron chi connectivity index (χ0n) is 21.5. The Labute approximate surface area is 221 Å². The second-order valence-corrected chi connectivity index (χ2v) is 9.61. The number of aliphatic imine (C=N–C) groups is 1. The molecule has 1 saturated heterocycles. The summed E-state index contributed by atoms with van der Waals surface area (Å²) in [7, 11) is 3.17. The van der Waals surface area contributed by atoms with E-state index in [1.807, 2.05) is 41.5 Å². The maximum atomic E-state index is 13.2. The highest BCUT2D eigenvalue weighted by Gasteiger charge is 2.41. The molecule has 1 N–H and O–H groups in total. The third kappa shape index (κ3) is 6.72. The second kappa shape index (κ2) is 13.1. The first-order valence-electron chi connectivity index (χ1n) is 12.3. The van der Waals surface area contributed by atoms with Gasteiger partial charge in [-0.15, -0.1) is 0 Å². The van der Waals surface area contributed by atoms with Crippen molar-refractivity contribution in [1.29, 1.82) is 0 Å². The zero-order chi connectivity index (χ0) is 26.2. The van der Waals surface area contributed by atoms with Gasteiger partial charge >= 0.3 is 5.97 Å². The van der Waals surface area contributed by atoms with Crippen molar-refractivity contribution in [3.63, 3.8) is 0 Å². The lowest BCUT2D eigenvalue weighted by Crippen LogP contribution is -2.42. The number of amides is 1. The van der Waals surface area contributed by atoms with E-state index in [1.165, 1.54) is 11.8 Å². The number of thioether (sulfide) groups is 1. The number of allylic oxidation sites excluding steroid dienone is 1. The normalized spacial score (nSPS) is 19.8. The van der Waals surface area contributed by atoms with Crippen molar-refractivity contribution in [1.82, 2.24) is 15.1 Å². The number of benzene rings is 1. The van der Waals surface area contributed by atoms with Gasteiger partial charge in [-0.25, -0.2) is 9.79 Å². The van der Waals surface area contributed by atoms with E-state index in [0.29, 0.717) is 30.2 Å². The van der Waals surface area contributed by atoms with Crippen LogP contribution >= 0.6 is 11.8 Å². The van der Waals surface area contributed by atoms with E-state index in [9.17, 15) is 9.59 Å². The molecule has 1 atom stereocenters. The molecule has 0 saturated carbocycles. The number of amidine groups is 1. The molecular formula is C26H34N4O6S. The van der Waals surface area contributed by atoms with Crippen LogP contribution in [0.15, 0.2) is 51.6 Å². The van der Waals surface area contributed by atoms with Crippen LogP contribution in [0.3, 0.4) is 0 Å². The van der Waals surface area contributed by atoms with Gasteiger partial charge in [-0.05, 0) is 30.0 Å². The van der Waals surface area contributed by atoms with Crippen LogP contribution in [-0.2, 0) is 23.8 Å². The predicted octanol–water partition coefficient (Wildman–Crippen LogP) is 2.30. The number of rotatable bonds is 11. The summed E-state index contributed by atoms with van der Waals surface area (Å²) in [6, 6.07) is 7.07. The molecule has 0 spiro atoms. The summed E-state index contributed by atoms with van der Waals surface area (Å²) >= 11 is 1.45. The van der Waals surface area contributed by atoms with E-state index in [1.54, 1.807) is 14.2 Å². The Balaban J connectivity index is 1.52. The molecule has 0 radical (unpaired) electrons. The maximum absolute atomic E-state index is 13.2. The van der Waals surface area contributed by atoms with Gasteiger partial charge in [-0.2, -0.15) is 0 Å². The fourth-order valence-corrected chi connectivity index (χ4v) is 5.40. The van der Waals surface area contributed by atoms with Crippen molar-refractivity contribution in [3.8, 4) is 5.75 Å². The molecule has 200 valence electrons. The minimum absolute atomic E-state index is 0.0784. The molecule has 1 fully saturated rings. The molecule has 1 aromatic carbocycles. The fraction of sp³-hybridized carbons (Fsp3) is 0.500. The van der Waals surface area contributed by atoms with Gasteiger partial charge in [0.1, 0.15) is 12.4 Å². The molecule has 10 nitrogen and oxygen atoms in total. The Hall–Kier alpha value is -2.86. The van der Waals surface area contributed by atoms with Crippen LogP contribution in [0.5, 0.6) is 5.75 Å². The molecule has 37 heavy (non-hydrogen) atoms. The van der Waals surface area contributed by atoms with Crippen LogP contribution in [0.25, 0.3) is 0 Å². The minimum Gasteiger partial charge on any atom is -0.497 e. The van der Waals surface area contributed by atoms with Gasteiger partial charge in [0.15, 0.2) is 5.17 Å². The summed E-state index contributed by atoms with van der Waals surface area (Å²) in [5, 5.41) is 5.69. The zero-order valence-corrected chi connectivity index (χ0v) is 22.3. The van der Waals surface area contributed by atoms with Crippen molar-refractivity contribution >= 4 is 28.8 Å². The van der Waals surface area contributed by atoms with E-state index in [0.717, 1.165) is 49.3 Å². The summed E-state index contributed by atoms with van der Waals surface area (Å²) in [6.07, 6.45) is 0.173. The molecule has 3 aliphatic rings. The number of ether oxygens (including phenoxy) is 4. The lowest BCUT2D eigenvalue weighted by atomic mass is 9.93. The molecule has 4 rings (SSSR count). The van der Waals surface area contributed by atoms with Crippen LogP contribution in [0.1, 0.15) is 24.9 Å². The molecule has 0 aromatic heterocycles. The average molecular weight is 531 g/mol. The van der Waals surface area contributed by atoms with Crippen molar-refractivity contribution in [2.75, 3.05) is 66.8 Å². The van der Waals surface area contributed by atoms with E-state index in [2.05, 4.69) is 10.2 Å². The third-order valence-corrected chi connectivity index (χ3v) is 7.26. The third-order valence-electron chi connectivity index (χ3n) is 6.37. The van der Waals surface area contributed by atoms with Crippen LogP contribution in [0.2, 0.25) is 0 Å². The summed E-state index contributed by atoms with van der Waals surface area (Å²) in [6.45, 7) is 6.82. The topological polar surface area (TPSA) is 102 Å². The van der Waals surface area contributed by atoms with Gasteiger partial charge in [-0.1, -0.05) is 23.9 Å². The molecule has 1 amide bonds. The second-order valence-electron chi connectivity index (χ2n) is 8.78. The van der Waals surface area contributed by atoms with E-state index in [4.69, 9.17) is 23.9 Å². The van der Waals surface area contributed by atoms with Crippen molar-refractivity contribution in [2.45, 2.75) is 19.4 Å². The summed E-state index contributed by atoms with van der Waals surface area (Å²) in [5.74, 6) is 0.180. The summed E-state index contributed by atoms with van der Waals surface area (Å²) < 4.78 is 21.2. The van der Waals surface area contributed by atoms with Gasteiger partial charge in [0, 0.05) is 39.0 Å². The number of carbonyl (C=O) groups excluding carboxylic acids is 2. The maximum Gasteiger partial charge on any atom is 0.338 e. The van der Waals surface area contributed by atoms with Gasteiger partial charge in [0.2, 0.25) is 5.91 Å². The number of nitrogens with one attached hydrogen (secondary N) is 1.